The van der Waals surface area contributed by atoms with Crippen molar-refractivity contribution in [2.45, 2.75) is 77.8 Å². The van der Waals surface area contributed by atoms with Gasteiger partial charge in [-0.1, -0.05) is 0 Å². The Kier molecular flexibility index (Phi) is 3.86. The van der Waals surface area contributed by atoms with Gasteiger partial charge in [-0.15, -0.1) is 0 Å². The molecule has 0 unspecified atom stereocenters. The molecule has 5 nitrogen and oxygen atoms in total. The van der Waals surface area contributed by atoms with Crippen molar-refractivity contribution in [1.29, 1.82) is 0 Å². The van der Waals surface area contributed by atoms with Crippen molar-refractivity contribution in [2.24, 2.45) is 7.05 Å². The van der Waals surface area contributed by atoms with Crippen molar-refractivity contribution in [3.05, 3.63) is 12.1 Å². The molecule has 1 aromatic rings. The average Bonchev–Trinajstić information content (AvgIpc) is 2.92. The standard InChI is InChI=1S/C17H29B2NO4/c1-14(2)15(3,4)22-18(21-14)12-10-11-13(20(12)9)19-23-16(5,6)17(7,8)24-19/h10-11H,1-9H3. The fourth-order valence-electron chi connectivity index (χ4n) is 2.94. The summed E-state index contributed by atoms with van der Waals surface area (Å²) in [6.07, 6.45) is 0. The van der Waals surface area contributed by atoms with Crippen LogP contribution in [0.2, 0.25) is 0 Å². The molecule has 1 aromatic heterocycles. The molecule has 2 aliphatic rings. The highest BCUT2D eigenvalue weighted by molar-refractivity contribution is 6.65. The number of hydrogen-bond acceptors (Lipinski definition) is 4. The molecule has 2 aliphatic heterocycles. The fraction of sp³-hybridized carbons (Fsp3) is 0.765. The van der Waals surface area contributed by atoms with E-state index < -0.39 is 14.2 Å². The van der Waals surface area contributed by atoms with Crippen molar-refractivity contribution >= 4 is 25.4 Å². The second-order valence-corrected chi connectivity index (χ2v) is 8.92. The van der Waals surface area contributed by atoms with Gasteiger partial charge in [-0.2, -0.15) is 0 Å². The Morgan fingerprint density at radius 3 is 1.12 bits per heavy atom. The minimum Gasteiger partial charge on any atom is -0.398 e. The van der Waals surface area contributed by atoms with Crippen molar-refractivity contribution in [2.75, 3.05) is 0 Å². The first-order valence-electron chi connectivity index (χ1n) is 8.64. The Bertz CT molecular complexity index is 566. The first kappa shape index (κ1) is 18.1. The largest absolute Gasteiger partial charge is 0.512 e. The summed E-state index contributed by atoms with van der Waals surface area (Å²) in [5.74, 6) is 0. The third-order valence-corrected chi connectivity index (χ3v) is 6.19. The van der Waals surface area contributed by atoms with Crippen LogP contribution in [0, 0.1) is 0 Å². The van der Waals surface area contributed by atoms with Gasteiger partial charge in [0.05, 0.1) is 22.4 Å². The van der Waals surface area contributed by atoms with Gasteiger partial charge in [-0.05, 0) is 67.5 Å². The summed E-state index contributed by atoms with van der Waals surface area (Å²) in [5.41, 5.74) is 0.523. The van der Waals surface area contributed by atoms with Crippen molar-refractivity contribution < 1.29 is 18.6 Å². The van der Waals surface area contributed by atoms with Gasteiger partial charge in [0, 0.05) is 18.2 Å². The van der Waals surface area contributed by atoms with Crippen LogP contribution in [-0.2, 0) is 25.7 Å². The molecule has 2 fully saturated rings. The summed E-state index contributed by atoms with van der Waals surface area (Å²) in [4.78, 5) is 0. The van der Waals surface area contributed by atoms with Gasteiger partial charge in [-0.3, -0.25) is 0 Å². The van der Waals surface area contributed by atoms with Crippen LogP contribution in [0.25, 0.3) is 0 Å². The minimum atomic E-state index is -0.392. The highest BCUT2D eigenvalue weighted by Gasteiger charge is 2.55. The maximum Gasteiger partial charge on any atom is 0.512 e. The molecule has 0 aromatic carbocycles. The van der Waals surface area contributed by atoms with E-state index in [1.807, 2.05) is 19.2 Å². The first-order chi connectivity index (χ1) is 10.8. The molecule has 3 rings (SSSR count). The van der Waals surface area contributed by atoms with Crippen LogP contribution >= 0.6 is 0 Å². The molecule has 0 saturated carbocycles. The Balaban J connectivity index is 1.87. The van der Waals surface area contributed by atoms with Crippen molar-refractivity contribution in [3.63, 3.8) is 0 Å². The lowest BCUT2D eigenvalue weighted by atomic mass is 9.84. The Labute approximate surface area is 146 Å². The summed E-state index contributed by atoms with van der Waals surface area (Å²) < 4.78 is 26.7. The quantitative estimate of drug-likeness (QED) is 0.772. The van der Waals surface area contributed by atoms with Gasteiger partial charge in [0.15, 0.2) is 0 Å². The zero-order valence-electron chi connectivity index (χ0n) is 16.4. The second-order valence-electron chi connectivity index (χ2n) is 8.92. The minimum absolute atomic E-state index is 0.355. The second kappa shape index (κ2) is 5.13. The predicted molar refractivity (Wildman–Crippen MR) is 96.8 cm³/mol. The van der Waals surface area contributed by atoms with Gasteiger partial charge in [0.2, 0.25) is 0 Å². The van der Waals surface area contributed by atoms with Crippen molar-refractivity contribution in [1.82, 2.24) is 4.57 Å². The zero-order chi connectivity index (χ0) is 18.1. The molecule has 0 spiro atoms. The summed E-state index contributed by atoms with van der Waals surface area (Å²) >= 11 is 0. The molecule has 0 radical (unpaired) electrons. The van der Waals surface area contributed by atoms with E-state index in [2.05, 4.69) is 60.0 Å². The van der Waals surface area contributed by atoms with E-state index >= 15 is 0 Å². The molecule has 0 bridgehead atoms. The van der Waals surface area contributed by atoms with Crippen LogP contribution < -0.4 is 11.2 Å². The van der Waals surface area contributed by atoms with Crippen LogP contribution in [0.4, 0.5) is 0 Å². The molecule has 0 aliphatic carbocycles. The lowest BCUT2D eigenvalue weighted by Crippen LogP contribution is -2.46. The van der Waals surface area contributed by atoms with Gasteiger partial charge < -0.3 is 23.2 Å². The van der Waals surface area contributed by atoms with Gasteiger partial charge in [-0.25, -0.2) is 0 Å². The SMILES string of the molecule is Cn1c(B2OC(C)(C)C(C)(C)O2)ccc1B1OC(C)(C)C(C)(C)O1. The normalized spacial score (nSPS) is 27.0. The molecule has 3 heterocycles. The topological polar surface area (TPSA) is 41.9 Å². The van der Waals surface area contributed by atoms with E-state index in [0.717, 1.165) is 11.2 Å². The predicted octanol–water partition coefficient (Wildman–Crippen LogP) is 1.62. The average molecular weight is 333 g/mol. The van der Waals surface area contributed by atoms with Crippen LogP contribution in [0.5, 0.6) is 0 Å². The lowest BCUT2D eigenvalue weighted by Gasteiger charge is -2.32. The van der Waals surface area contributed by atoms with E-state index in [-0.39, 0.29) is 22.4 Å². The maximum absolute atomic E-state index is 6.16. The molecular weight excluding hydrogens is 304 g/mol. The Morgan fingerprint density at radius 1 is 0.625 bits per heavy atom. The number of aromatic nitrogens is 1. The summed E-state index contributed by atoms with van der Waals surface area (Å²) in [5, 5.41) is 0. The number of nitrogens with zero attached hydrogens (tertiary/aromatic N) is 1. The Hall–Kier alpha value is -0.750. The summed E-state index contributed by atoms with van der Waals surface area (Å²) in [7, 11) is 1.22. The van der Waals surface area contributed by atoms with Crippen LogP contribution in [0.15, 0.2) is 12.1 Å². The molecule has 7 heteroatoms. The van der Waals surface area contributed by atoms with Crippen molar-refractivity contribution in [3.8, 4) is 0 Å². The molecule has 0 N–H and O–H groups in total. The smallest absolute Gasteiger partial charge is 0.398 e. The molecule has 2 saturated heterocycles. The fourth-order valence-corrected chi connectivity index (χ4v) is 2.94. The molecular formula is C17H29B2NO4. The molecule has 24 heavy (non-hydrogen) atoms. The van der Waals surface area contributed by atoms with Gasteiger partial charge in [0.25, 0.3) is 0 Å². The lowest BCUT2D eigenvalue weighted by molar-refractivity contribution is 0.00578. The third kappa shape index (κ3) is 2.57. The van der Waals surface area contributed by atoms with E-state index in [0.29, 0.717) is 0 Å². The van der Waals surface area contributed by atoms with E-state index in [1.54, 1.807) is 0 Å². The third-order valence-electron chi connectivity index (χ3n) is 6.19. The van der Waals surface area contributed by atoms with Gasteiger partial charge >= 0.3 is 14.2 Å². The van der Waals surface area contributed by atoms with Crippen LogP contribution in [0.1, 0.15) is 55.4 Å². The maximum atomic E-state index is 6.16. The van der Waals surface area contributed by atoms with Crippen LogP contribution in [-0.4, -0.2) is 41.2 Å². The Morgan fingerprint density at radius 2 is 0.875 bits per heavy atom. The number of rotatable bonds is 2. The van der Waals surface area contributed by atoms with E-state index in [4.69, 9.17) is 18.6 Å². The van der Waals surface area contributed by atoms with E-state index in [1.165, 1.54) is 0 Å². The van der Waals surface area contributed by atoms with Crippen LogP contribution in [0.3, 0.4) is 0 Å². The highest BCUT2D eigenvalue weighted by atomic mass is 16.7. The van der Waals surface area contributed by atoms with E-state index in [9.17, 15) is 0 Å². The highest BCUT2D eigenvalue weighted by Crippen LogP contribution is 2.37. The summed E-state index contributed by atoms with van der Waals surface area (Å²) in [6.45, 7) is 16.5. The molecule has 132 valence electrons. The molecule has 0 atom stereocenters. The number of hydrogen-bond donors (Lipinski definition) is 0. The first-order valence-corrected chi connectivity index (χ1v) is 8.64. The zero-order valence-corrected chi connectivity index (χ0v) is 16.4. The monoisotopic (exact) mass is 333 g/mol. The molecule has 0 amide bonds. The summed E-state index contributed by atoms with van der Waals surface area (Å²) in [6, 6.07) is 4.06. The van der Waals surface area contributed by atoms with Gasteiger partial charge in [0.1, 0.15) is 0 Å².